The van der Waals surface area contributed by atoms with Gasteiger partial charge in [-0.2, -0.15) is 10.4 Å². The molecule has 0 aliphatic heterocycles. The van der Waals surface area contributed by atoms with Gasteiger partial charge in [-0.3, -0.25) is 9.59 Å². The molecule has 2 rings (SSSR count). The van der Waals surface area contributed by atoms with Gasteiger partial charge in [0, 0.05) is 5.69 Å². The molecule has 118 valence electrons. The second-order valence-electron chi connectivity index (χ2n) is 5.17. The van der Waals surface area contributed by atoms with Crippen LogP contribution in [-0.2, 0) is 11.3 Å². The summed E-state index contributed by atoms with van der Waals surface area (Å²) in [6.07, 6.45) is 0. The molecule has 0 spiro atoms. The van der Waals surface area contributed by atoms with Gasteiger partial charge in [0.15, 0.2) is 0 Å². The van der Waals surface area contributed by atoms with Gasteiger partial charge in [0.2, 0.25) is 5.91 Å². The molecule has 0 bridgehead atoms. The van der Waals surface area contributed by atoms with Crippen molar-refractivity contribution >= 4 is 11.6 Å². The molecule has 7 heteroatoms. The number of nitrogens with zero attached hydrogens (tertiary/aromatic N) is 3. The Bertz CT molecular complexity index is 881. The zero-order valence-corrected chi connectivity index (χ0v) is 13.0. The van der Waals surface area contributed by atoms with Gasteiger partial charge in [-0.15, -0.1) is 0 Å². The molecule has 0 saturated heterocycles. The molecule has 0 aliphatic rings. The van der Waals surface area contributed by atoms with E-state index >= 15 is 0 Å². The Morgan fingerprint density at radius 3 is 2.70 bits per heavy atom. The molecule has 0 radical (unpaired) electrons. The summed E-state index contributed by atoms with van der Waals surface area (Å²) in [4.78, 5) is 24.1. The van der Waals surface area contributed by atoms with Crippen LogP contribution in [0.15, 0.2) is 23.0 Å². The molecule has 0 fully saturated rings. The zero-order valence-electron chi connectivity index (χ0n) is 13.0. The number of rotatable bonds is 3. The summed E-state index contributed by atoms with van der Waals surface area (Å²) >= 11 is 0. The third-order valence-corrected chi connectivity index (χ3v) is 3.50. The van der Waals surface area contributed by atoms with Gasteiger partial charge in [0.25, 0.3) is 5.56 Å². The van der Waals surface area contributed by atoms with Gasteiger partial charge in [-0.25, -0.2) is 9.07 Å². The fraction of sp³-hybridized carbons (Fsp3) is 0.250. The van der Waals surface area contributed by atoms with E-state index in [0.29, 0.717) is 16.8 Å². The summed E-state index contributed by atoms with van der Waals surface area (Å²) in [7, 11) is 0. The van der Waals surface area contributed by atoms with Crippen LogP contribution < -0.4 is 10.9 Å². The molecule has 0 aliphatic carbocycles. The Balaban J connectivity index is 2.24. The fourth-order valence-corrected chi connectivity index (χ4v) is 2.02. The molecule has 0 atom stereocenters. The largest absolute Gasteiger partial charge is 0.324 e. The van der Waals surface area contributed by atoms with E-state index in [0.717, 1.165) is 4.68 Å². The topological polar surface area (TPSA) is 87.8 Å². The number of hydrogen-bond acceptors (Lipinski definition) is 4. The van der Waals surface area contributed by atoms with Crippen molar-refractivity contribution in [3.8, 4) is 6.07 Å². The average Bonchev–Trinajstić information content (AvgIpc) is 2.49. The van der Waals surface area contributed by atoms with E-state index in [9.17, 15) is 14.0 Å². The predicted octanol–water partition coefficient (Wildman–Crippen LogP) is 1.82. The first-order valence-electron chi connectivity index (χ1n) is 6.88. The maximum Gasteiger partial charge on any atom is 0.285 e. The summed E-state index contributed by atoms with van der Waals surface area (Å²) in [5, 5.41) is 15.5. The van der Waals surface area contributed by atoms with Crippen molar-refractivity contribution in [2.75, 3.05) is 5.32 Å². The minimum atomic E-state index is -0.624. The van der Waals surface area contributed by atoms with E-state index in [1.165, 1.54) is 6.07 Å². The molecule has 23 heavy (non-hydrogen) atoms. The van der Waals surface area contributed by atoms with E-state index in [2.05, 4.69) is 10.4 Å². The van der Waals surface area contributed by atoms with Crippen molar-refractivity contribution in [2.45, 2.75) is 27.3 Å². The van der Waals surface area contributed by atoms with Gasteiger partial charge in [0.05, 0.1) is 5.69 Å². The number of carbonyl (C=O) groups excluding carboxylic acids is 1. The number of nitrogens with one attached hydrogen (secondary N) is 1. The van der Waals surface area contributed by atoms with Crippen LogP contribution in [0, 0.1) is 37.9 Å². The van der Waals surface area contributed by atoms with Crippen LogP contribution in [-0.4, -0.2) is 15.7 Å². The van der Waals surface area contributed by atoms with Crippen LogP contribution in [0.5, 0.6) is 0 Å². The van der Waals surface area contributed by atoms with Crippen molar-refractivity contribution in [2.24, 2.45) is 0 Å². The standard InChI is InChI=1S/C16H15FN4O2/c1-9-4-5-12(6-14(9)17)19-15(22)8-21-16(23)13(7-18)10(2)11(3)20-21/h4-6H,8H2,1-3H3,(H,19,22). The van der Waals surface area contributed by atoms with Gasteiger partial charge in [-0.1, -0.05) is 6.07 Å². The van der Waals surface area contributed by atoms with Crippen LogP contribution >= 0.6 is 0 Å². The molecule has 1 N–H and O–H groups in total. The summed E-state index contributed by atoms with van der Waals surface area (Å²) in [6.45, 7) is 4.54. The maximum absolute atomic E-state index is 13.5. The SMILES string of the molecule is Cc1ccc(NC(=O)Cn2nc(C)c(C)c(C#N)c2=O)cc1F. The van der Waals surface area contributed by atoms with E-state index in [1.54, 1.807) is 32.9 Å². The third kappa shape index (κ3) is 3.43. The Kier molecular flexibility index (Phi) is 4.55. The third-order valence-electron chi connectivity index (χ3n) is 3.50. The maximum atomic E-state index is 13.5. The van der Waals surface area contributed by atoms with Gasteiger partial charge >= 0.3 is 0 Å². The van der Waals surface area contributed by atoms with Crippen molar-refractivity contribution < 1.29 is 9.18 Å². The van der Waals surface area contributed by atoms with Crippen molar-refractivity contribution in [3.63, 3.8) is 0 Å². The molecule has 0 saturated carbocycles. The van der Waals surface area contributed by atoms with Gasteiger partial charge in [0.1, 0.15) is 24.0 Å². The molecule has 1 amide bonds. The van der Waals surface area contributed by atoms with Crippen LogP contribution in [0.3, 0.4) is 0 Å². The normalized spacial score (nSPS) is 10.2. The number of aryl methyl sites for hydroxylation is 2. The predicted molar refractivity (Wildman–Crippen MR) is 82.5 cm³/mol. The summed E-state index contributed by atoms with van der Waals surface area (Å²) in [6, 6.07) is 6.13. The molecule has 1 aromatic heterocycles. The first-order chi connectivity index (χ1) is 10.8. The lowest BCUT2D eigenvalue weighted by Crippen LogP contribution is -2.32. The molecular formula is C16H15FN4O2. The fourth-order valence-electron chi connectivity index (χ4n) is 2.02. The number of nitriles is 1. The number of benzene rings is 1. The lowest BCUT2D eigenvalue weighted by molar-refractivity contribution is -0.117. The first-order valence-corrected chi connectivity index (χ1v) is 6.88. The number of amides is 1. The summed E-state index contributed by atoms with van der Waals surface area (Å²) in [5.74, 6) is -0.967. The molecular weight excluding hydrogens is 299 g/mol. The van der Waals surface area contributed by atoms with Crippen molar-refractivity contribution in [1.82, 2.24) is 9.78 Å². The van der Waals surface area contributed by atoms with Gasteiger partial charge < -0.3 is 5.32 Å². The monoisotopic (exact) mass is 314 g/mol. The highest BCUT2D eigenvalue weighted by atomic mass is 19.1. The first kappa shape index (κ1) is 16.4. The van der Waals surface area contributed by atoms with Crippen molar-refractivity contribution in [3.05, 3.63) is 56.8 Å². The van der Waals surface area contributed by atoms with Crippen molar-refractivity contribution in [1.29, 1.82) is 5.26 Å². The lowest BCUT2D eigenvalue weighted by atomic mass is 10.1. The van der Waals surface area contributed by atoms with Crippen LogP contribution in [0.25, 0.3) is 0 Å². The average molecular weight is 314 g/mol. The number of halogens is 1. The molecule has 1 heterocycles. The van der Waals surface area contributed by atoms with Gasteiger partial charge in [-0.05, 0) is 44.0 Å². The Hall–Kier alpha value is -3.01. The molecule has 0 unspecified atom stereocenters. The van der Waals surface area contributed by atoms with E-state index in [1.807, 2.05) is 6.07 Å². The molecule has 6 nitrogen and oxygen atoms in total. The highest BCUT2D eigenvalue weighted by molar-refractivity contribution is 5.90. The summed E-state index contributed by atoms with van der Waals surface area (Å²) in [5.41, 5.74) is 1.09. The molecule has 1 aromatic carbocycles. The Labute approximate surface area is 132 Å². The van der Waals surface area contributed by atoms with E-state index in [-0.39, 0.29) is 17.8 Å². The van der Waals surface area contributed by atoms with Crippen LogP contribution in [0.4, 0.5) is 10.1 Å². The Morgan fingerprint density at radius 1 is 1.39 bits per heavy atom. The van der Waals surface area contributed by atoms with Crippen LogP contribution in [0.1, 0.15) is 22.4 Å². The Morgan fingerprint density at radius 2 is 2.09 bits per heavy atom. The highest BCUT2D eigenvalue weighted by Gasteiger charge is 2.14. The molecule has 2 aromatic rings. The number of aromatic nitrogens is 2. The highest BCUT2D eigenvalue weighted by Crippen LogP contribution is 2.13. The number of carbonyl (C=O) groups is 1. The van der Waals surface area contributed by atoms with Crippen LogP contribution in [0.2, 0.25) is 0 Å². The second kappa shape index (κ2) is 6.40. The summed E-state index contributed by atoms with van der Waals surface area (Å²) < 4.78 is 14.4. The smallest absolute Gasteiger partial charge is 0.285 e. The van der Waals surface area contributed by atoms with E-state index < -0.39 is 17.3 Å². The minimum Gasteiger partial charge on any atom is -0.324 e. The minimum absolute atomic E-state index is 0.0355. The quantitative estimate of drug-likeness (QED) is 0.936. The zero-order chi connectivity index (χ0) is 17.1. The lowest BCUT2D eigenvalue weighted by Gasteiger charge is -2.10. The second-order valence-corrected chi connectivity index (χ2v) is 5.17. The van der Waals surface area contributed by atoms with E-state index in [4.69, 9.17) is 5.26 Å². The number of hydrogen-bond donors (Lipinski definition) is 1. The number of anilines is 1.